The quantitative estimate of drug-likeness (QED) is 0.402. The molecule has 0 aliphatic carbocycles. The molecule has 0 saturated heterocycles. The van der Waals surface area contributed by atoms with Gasteiger partial charge in [0, 0.05) is 28.6 Å². The highest BCUT2D eigenvalue weighted by molar-refractivity contribution is 7.98. The zero-order valence-electron chi connectivity index (χ0n) is 15.9. The lowest BCUT2D eigenvalue weighted by molar-refractivity contribution is -0.147. The van der Waals surface area contributed by atoms with Gasteiger partial charge in [-0.25, -0.2) is 0 Å². The largest absolute Gasteiger partial charge is 0.486 e. The number of fused-ring (bicyclic) bond motifs is 1. The van der Waals surface area contributed by atoms with Crippen LogP contribution in [0.3, 0.4) is 0 Å². The topological polar surface area (TPSA) is 90.9 Å². The first kappa shape index (κ1) is 20.7. The van der Waals surface area contributed by atoms with Crippen molar-refractivity contribution in [2.75, 3.05) is 31.4 Å². The third kappa shape index (κ3) is 5.99. The standard InChI is InChI=1S/C21H21NO6S/c1-29-16-5-2-14(3-6-16)17(23)7-9-21(25)28-13-20(24)22-15-4-8-18-19(12-15)27-11-10-26-18/h2-6,8,12H,7,9-11,13H2,1H3,(H,22,24). The maximum absolute atomic E-state index is 12.1. The van der Waals surface area contributed by atoms with E-state index in [9.17, 15) is 14.4 Å². The Morgan fingerprint density at radius 2 is 1.72 bits per heavy atom. The number of anilines is 1. The molecule has 1 amide bonds. The molecule has 1 aliphatic rings. The number of nitrogens with one attached hydrogen (secondary N) is 1. The first-order valence-corrected chi connectivity index (χ1v) is 10.3. The highest BCUT2D eigenvalue weighted by Gasteiger charge is 2.14. The van der Waals surface area contributed by atoms with Gasteiger partial charge in [-0.05, 0) is 30.5 Å². The fourth-order valence-corrected chi connectivity index (χ4v) is 3.08. The highest BCUT2D eigenvalue weighted by Crippen LogP contribution is 2.32. The predicted octanol–water partition coefficient (Wildman–Crippen LogP) is 3.32. The molecule has 1 N–H and O–H groups in total. The summed E-state index contributed by atoms with van der Waals surface area (Å²) in [5, 5.41) is 2.63. The Bertz CT molecular complexity index is 897. The Morgan fingerprint density at radius 1 is 1.00 bits per heavy atom. The van der Waals surface area contributed by atoms with Crippen LogP contribution in [0.15, 0.2) is 47.4 Å². The van der Waals surface area contributed by atoms with E-state index in [0.717, 1.165) is 4.90 Å². The van der Waals surface area contributed by atoms with Crippen molar-refractivity contribution in [3.63, 3.8) is 0 Å². The molecule has 3 rings (SSSR count). The van der Waals surface area contributed by atoms with E-state index >= 15 is 0 Å². The van der Waals surface area contributed by atoms with E-state index in [1.165, 1.54) is 0 Å². The number of ketones is 1. The zero-order chi connectivity index (χ0) is 20.6. The third-order valence-corrected chi connectivity index (χ3v) is 4.90. The fraction of sp³-hybridized carbons (Fsp3) is 0.286. The summed E-state index contributed by atoms with van der Waals surface area (Å²) in [6.45, 7) is 0.507. The second-order valence-corrected chi connectivity index (χ2v) is 7.10. The molecule has 0 saturated carbocycles. The summed E-state index contributed by atoms with van der Waals surface area (Å²) in [7, 11) is 0. The van der Waals surface area contributed by atoms with Crippen molar-refractivity contribution in [2.24, 2.45) is 0 Å². The van der Waals surface area contributed by atoms with Crippen LogP contribution in [-0.2, 0) is 14.3 Å². The molecule has 0 atom stereocenters. The van der Waals surface area contributed by atoms with Crippen LogP contribution >= 0.6 is 11.8 Å². The monoisotopic (exact) mass is 415 g/mol. The van der Waals surface area contributed by atoms with Crippen LogP contribution in [0.25, 0.3) is 0 Å². The summed E-state index contributed by atoms with van der Waals surface area (Å²) in [4.78, 5) is 37.0. The highest BCUT2D eigenvalue weighted by atomic mass is 32.2. The lowest BCUT2D eigenvalue weighted by atomic mass is 10.1. The van der Waals surface area contributed by atoms with Crippen molar-refractivity contribution in [3.8, 4) is 11.5 Å². The molecule has 0 radical (unpaired) electrons. The summed E-state index contributed by atoms with van der Waals surface area (Å²) in [5.74, 6) is -0.0516. The second-order valence-electron chi connectivity index (χ2n) is 6.22. The Balaban J connectivity index is 1.40. The number of thioether (sulfide) groups is 1. The predicted molar refractivity (Wildman–Crippen MR) is 109 cm³/mol. The van der Waals surface area contributed by atoms with E-state index in [2.05, 4.69) is 5.32 Å². The minimum atomic E-state index is -0.601. The average Bonchev–Trinajstić information content (AvgIpc) is 2.76. The van der Waals surface area contributed by atoms with Crippen LogP contribution in [0.2, 0.25) is 0 Å². The number of amides is 1. The van der Waals surface area contributed by atoms with Crippen LogP contribution in [-0.4, -0.2) is 43.7 Å². The molecule has 1 heterocycles. The molecule has 0 unspecified atom stereocenters. The molecule has 29 heavy (non-hydrogen) atoms. The van der Waals surface area contributed by atoms with E-state index in [1.54, 1.807) is 42.1 Å². The molecule has 0 aromatic heterocycles. The van der Waals surface area contributed by atoms with Gasteiger partial charge in [0.1, 0.15) is 13.2 Å². The number of rotatable bonds is 8. The molecular formula is C21H21NO6S. The smallest absolute Gasteiger partial charge is 0.306 e. The molecule has 2 aromatic rings. The van der Waals surface area contributed by atoms with Gasteiger partial charge in [-0.3, -0.25) is 14.4 Å². The maximum Gasteiger partial charge on any atom is 0.306 e. The first-order chi connectivity index (χ1) is 14.0. The molecule has 0 bridgehead atoms. The molecule has 0 spiro atoms. The minimum absolute atomic E-state index is 0.0290. The number of carbonyl (C=O) groups is 3. The van der Waals surface area contributed by atoms with Crippen LogP contribution in [0, 0.1) is 0 Å². The summed E-state index contributed by atoms with van der Waals surface area (Å²) in [6.07, 6.45) is 1.90. The van der Waals surface area contributed by atoms with Gasteiger partial charge < -0.3 is 19.5 Å². The zero-order valence-corrected chi connectivity index (χ0v) is 16.8. The van der Waals surface area contributed by atoms with E-state index in [1.807, 2.05) is 18.4 Å². The van der Waals surface area contributed by atoms with Crippen molar-refractivity contribution in [1.82, 2.24) is 0 Å². The van der Waals surface area contributed by atoms with Crippen molar-refractivity contribution in [1.29, 1.82) is 0 Å². The Morgan fingerprint density at radius 3 is 2.45 bits per heavy atom. The van der Waals surface area contributed by atoms with E-state index in [0.29, 0.717) is 36.0 Å². The number of Topliss-reactive ketones (excluding diaryl/α,β-unsaturated/α-hetero) is 1. The minimum Gasteiger partial charge on any atom is -0.486 e. The van der Waals surface area contributed by atoms with Crippen molar-refractivity contribution >= 4 is 35.1 Å². The summed E-state index contributed by atoms with van der Waals surface area (Å²) < 4.78 is 15.8. The van der Waals surface area contributed by atoms with Gasteiger partial charge in [0.15, 0.2) is 23.9 Å². The average molecular weight is 415 g/mol. The molecule has 1 aliphatic heterocycles. The van der Waals surface area contributed by atoms with E-state index in [4.69, 9.17) is 14.2 Å². The van der Waals surface area contributed by atoms with Crippen LogP contribution < -0.4 is 14.8 Å². The SMILES string of the molecule is CSc1ccc(C(=O)CCC(=O)OCC(=O)Nc2ccc3c(c2)OCCO3)cc1. The lowest BCUT2D eigenvalue weighted by Gasteiger charge is -2.19. The Kier molecular flexibility index (Phi) is 7.13. The van der Waals surface area contributed by atoms with Crippen LogP contribution in [0.5, 0.6) is 11.5 Å². The second kappa shape index (κ2) is 9.97. The molecule has 2 aromatic carbocycles. The van der Waals surface area contributed by atoms with Gasteiger partial charge in [0.2, 0.25) is 0 Å². The van der Waals surface area contributed by atoms with Crippen LogP contribution in [0.1, 0.15) is 23.2 Å². The summed E-state index contributed by atoms with van der Waals surface area (Å²) in [5.41, 5.74) is 1.06. The molecule has 7 nitrogen and oxygen atoms in total. The van der Waals surface area contributed by atoms with Gasteiger partial charge in [0.25, 0.3) is 5.91 Å². The Hall–Kier alpha value is -3.00. The third-order valence-electron chi connectivity index (χ3n) is 4.16. The normalized spacial score (nSPS) is 12.2. The van der Waals surface area contributed by atoms with Gasteiger partial charge in [-0.1, -0.05) is 12.1 Å². The molecule has 8 heteroatoms. The number of benzene rings is 2. The summed E-state index contributed by atoms with van der Waals surface area (Å²) >= 11 is 1.59. The maximum atomic E-state index is 12.1. The van der Waals surface area contributed by atoms with Crippen molar-refractivity contribution in [3.05, 3.63) is 48.0 Å². The lowest BCUT2D eigenvalue weighted by Crippen LogP contribution is -2.21. The number of hydrogen-bond donors (Lipinski definition) is 1. The molecular weight excluding hydrogens is 394 g/mol. The molecule has 0 fully saturated rings. The first-order valence-electron chi connectivity index (χ1n) is 9.07. The van der Waals surface area contributed by atoms with Crippen molar-refractivity contribution < 1.29 is 28.6 Å². The number of hydrogen-bond acceptors (Lipinski definition) is 7. The van der Waals surface area contributed by atoms with E-state index in [-0.39, 0.29) is 18.6 Å². The fourth-order valence-electron chi connectivity index (χ4n) is 2.67. The number of ether oxygens (including phenoxy) is 3. The Labute approximate surface area is 172 Å². The van der Waals surface area contributed by atoms with Gasteiger partial charge >= 0.3 is 5.97 Å². The number of carbonyl (C=O) groups excluding carboxylic acids is 3. The van der Waals surface area contributed by atoms with Crippen molar-refractivity contribution in [2.45, 2.75) is 17.7 Å². The van der Waals surface area contributed by atoms with E-state index < -0.39 is 18.5 Å². The summed E-state index contributed by atoms with van der Waals surface area (Å²) in [6, 6.07) is 12.2. The number of esters is 1. The van der Waals surface area contributed by atoms with Gasteiger partial charge in [0.05, 0.1) is 6.42 Å². The molecule has 152 valence electrons. The van der Waals surface area contributed by atoms with Gasteiger partial charge in [-0.15, -0.1) is 11.8 Å². The van der Waals surface area contributed by atoms with Gasteiger partial charge in [-0.2, -0.15) is 0 Å². The van der Waals surface area contributed by atoms with Crippen LogP contribution in [0.4, 0.5) is 5.69 Å².